The molecule has 5 N–H and O–H groups in total. The van der Waals surface area contributed by atoms with E-state index in [1.165, 1.54) is 6.07 Å². The van der Waals surface area contributed by atoms with Crippen LogP contribution in [0.5, 0.6) is 17.2 Å². The van der Waals surface area contributed by atoms with Crippen LogP contribution in [0.2, 0.25) is 0 Å². The Morgan fingerprint density at radius 1 is 1.18 bits per heavy atom. The third-order valence-electron chi connectivity index (χ3n) is 4.95. The number of phenols is 1. The van der Waals surface area contributed by atoms with Crippen LogP contribution in [0.15, 0.2) is 6.07 Å². The Hall–Kier alpha value is -1.30. The minimum absolute atomic E-state index is 0. The first-order chi connectivity index (χ1) is 12.6. The van der Waals surface area contributed by atoms with Crippen LogP contribution in [-0.4, -0.2) is 63.6 Å². The van der Waals surface area contributed by atoms with Crippen molar-refractivity contribution in [1.29, 1.82) is 0 Å². The molecule has 1 fully saturated rings. The van der Waals surface area contributed by atoms with Crippen LogP contribution < -0.4 is 24.6 Å². The van der Waals surface area contributed by atoms with E-state index in [1.807, 2.05) is 0 Å². The number of carbonyl (C=O) groups is 1. The Morgan fingerprint density at radius 3 is 2.50 bits per heavy atom. The van der Waals surface area contributed by atoms with Crippen LogP contribution in [0.1, 0.15) is 21.8 Å². The van der Waals surface area contributed by atoms with Gasteiger partial charge in [-0.05, 0) is 11.6 Å². The van der Waals surface area contributed by atoms with Gasteiger partial charge < -0.3 is 54.1 Å². The van der Waals surface area contributed by atoms with Crippen LogP contribution in [-0.2, 0) is 28.6 Å². The number of aliphatic hydroxyl groups is 3. The molecule has 1 amide bonds. The molecule has 148 valence electrons. The molecule has 14 heteroatoms. The van der Waals surface area contributed by atoms with Crippen LogP contribution in [0, 0.1) is 0 Å². The number of phenolic OH excluding ortho intramolecular Hbond substituents is 1. The predicted octanol–water partition coefficient (Wildman–Crippen LogP) is -3.38. The summed E-state index contributed by atoms with van der Waals surface area (Å²) in [5, 5.41) is 43.3. The van der Waals surface area contributed by atoms with Crippen LogP contribution >= 0.6 is 7.82 Å². The van der Waals surface area contributed by atoms with Gasteiger partial charge in [0.25, 0.3) is 5.91 Å². The zero-order valence-corrected chi connectivity index (χ0v) is 17.9. The summed E-state index contributed by atoms with van der Waals surface area (Å²) in [6, 6.07) is -0.0821. The van der Waals surface area contributed by atoms with E-state index in [9.17, 15) is 39.6 Å². The maximum absolute atomic E-state index is 12.5. The molecule has 0 unspecified atom stereocenters. The molecule has 0 aromatic heterocycles. The summed E-state index contributed by atoms with van der Waals surface area (Å²) < 4.78 is 25.7. The minimum atomic E-state index is -5.61. The topological polar surface area (TPSA) is 201 Å². The number of nitrogens with one attached hydrogen (secondary N) is 1. The molecule has 4 rings (SSSR count). The monoisotopic (exact) mass is 467 g/mol. The standard InChI is InChI=1S/C14H16NO11P.Zn/c16-8-5-3-1-4-12(25-2-24-4)9(17)6(3)14(20)15-7(5)13(11(19)10(8)18)26-27(21,22)23;/h1,5,7-8,10-11,13,16-19H,2H2,(H,15,20)(H2,21,22,23);/q;+2/p-2/t5-,7-,8-,10+,11-,13+;/m1./s1. The van der Waals surface area contributed by atoms with Gasteiger partial charge in [-0.15, -0.1) is 0 Å². The number of phosphoric acid groups is 1. The summed E-state index contributed by atoms with van der Waals surface area (Å²) in [4.78, 5) is 34.6. The molecule has 0 saturated heterocycles. The molecule has 2 heterocycles. The number of hydrogen-bond donors (Lipinski definition) is 5. The van der Waals surface area contributed by atoms with E-state index in [0.29, 0.717) is 0 Å². The molecule has 1 saturated carbocycles. The third kappa shape index (κ3) is 3.22. The van der Waals surface area contributed by atoms with Crippen LogP contribution in [0.25, 0.3) is 0 Å². The maximum atomic E-state index is 12.5. The average molecular weight is 469 g/mol. The molecular formula is C14H14NO11PZn. The van der Waals surface area contributed by atoms with E-state index in [2.05, 4.69) is 9.84 Å². The number of amides is 1. The molecule has 12 nitrogen and oxygen atoms in total. The average Bonchev–Trinajstić information content (AvgIpc) is 3.04. The molecule has 1 aromatic carbocycles. The molecule has 1 aliphatic carbocycles. The third-order valence-corrected chi connectivity index (χ3v) is 5.45. The predicted molar refractivity (Wildman–Crippen MR) is 78.7 cm³/mol. The summed E-state index contributed by atoms with van der Waals surface area (Å²) in [6.45, 7) is -0.216. The fraction of sp³-hybridized carbons (Fsp3) is 0.500. The number of aromatic hydroxyl groups is 1. The largest absolute Gasteiger partial charge is 2.00 e. The normalized spacial score (nSPS) is 33.4. The van der Waals surface area contributed by atoms with Gasteiger partial charge in [0.05, 0.1) is 25.5 Å². The van der Waals surface area contributed by atoms with Crippen molar-refractivity contribution in [2.45, 2.75) is 36.4 Å². The summed E-state index contributed by atoms with van der Waals surface area (Å²) in [5.74, 6) is -2.65. The second-order valence-corrected chi connectivity index (χ2v) is 7.54. The first kappa shape index (κ1) is 21.4. The number of benzene rings is 1. The van der Waals surface area contributed by atoms with E-state index in [-0.39, 0.29) is 48.9 Å². The minimum Gasteiger partial charge on any atom is -0.790 e. The molecule has 28 heavy (non-hydrogen) atoms. The quantitative estimate of drug-likeness (QED) is 0.214. The van der Waals surface area contributed by atoms with Gasteiger partial charge in [0.15, 0.2) is 11.5 Å². The Morgan fingerprint density at radius 2 is 1.86 bits per heavy atom. The molecule has 3 aliphatic rings. The summed E-state index contributed by atoms with van der Waals surface area (Å²) in [5.41, 5.74) is -0.251. The number of carbonyl (C=O) groups excluding carboxylic acids is 1. The Bertz CT molecular complexity index is 860. The van der Waals surface area contributed by atoms with E-state index < -0.39 is 55.9 Å². The number of fused-ring (bicyclic) bond motifs is 4. The summed E-state index contributed by atoms with van der Waals surface area (Å²) in [6.07, 6.45) is -7.39. The van der Waals surface area contributed by atoms with Crippen molar-refractivity contribution in [2.24, 2.45) is 0 Å². The van der Waals surface area contributed by atoms with Crippen LogP contribution in [0.4, 0.5) is 0 Å². The first-order valence-electron chi connectivity index (χ1n) is 7.81. The fourth-order valence-corrected chi connectivity index (χ4v) is 4.39. The number of ether oxygens (including phenoxy) is 2. The van der Waals surface area contributed by atoms with Crippen molar-refractivity contribution in [2.75, 3.05) is 6.79 Å². The van der Waals surface area contributed by atoms with Gasteiger partial charge in [-0.25, -0.2) is 0 Å². The molecule has 1 aromatic rings. The van der Waals surface area contributed by atoms with Crippen molar-refractivity contribution in [3.8, 4) is 17.2 Å². The SMILES string of the molecule is O=C1N[C@H]2[C@H](OP(=O)([O-])[O-])[C@H](O)[C@@H](O)[C@H](O)[C@@H]2c2cc3c(c(O)c21)OCO3.[Zn+2]. The van der Waals surface area contributed by atoms with E-state index in [4.69, 9.17) is 9.47 Å². The van der Waals surface area contributed by atoms with Gasteiger partial charge in [-0.3, -0.25) is 4.79 Å². The second-order valence-electron chi connectivity index (χ2n) is 6.44. The van der Waals surface area contributed by atoms with E-state index >= 15 is 0 Å². The van der Waals surface area contributed by atoms with Gasteiger partial charge in [-0.1, -0.05) is 0 Å². The number of rotatable bonds is 2. The van der Waals surface area contributed by atoms with Crippen molar-refractivity contribution in [3.05, 3.63) is 17.2 Å². The van der Waals surface area contributed by atoms with Gasteiger partial charge in [0, 0.05) is 5.92 Å². The maximum Gasteiger partial charge on any atom is 2.00 e. The molecule has 2 aliphatic heterocycles. The van der Waals surface area contributed by atoms with Crippen LogP contribution in [0.3, 0.4) is 0 Å². The second kappa shape index (κ2) is 7.19. The van der Waals surface area contributed by atoms with Gasteiger partial charge in [0.1, 0.15) is 18.3 Å². The van der Waals surface area contributed by atoms with Crippen molar-refractivity contribution in [3.63, 3.8) is 0 Å². The van der Waals surface area contributed by atoms with Crippen molar-refractivity contribution in [1.82, 2.24) is 5.32 Å². The molecule has 0 radical (unpaired) electrons. The van der Waals surface area contributed by atoms with Crippen molar-refractivity contribution >= 4 is 13.7 Å². The number of phosphoric ester groups is 1. The van der Waals surface area contributed by atoms with E-state index in [1.54, 1.807) is 0 Å². The molecule has 6 atom stereocenters. The van der Waals surface area contributed by atoms with Gasteiger partial charge in [-0.2, -0.15) is 0 Å². The van der Waals surface area contributed by atoms with E-state index in [0.717, 1.165) is 0 Å². The zero-order valence-electron chi connectivity index (χ0n) is 14.0. The number of hydrogen-bond acceptors (Lipinski definition) is 11. The molecule has 0 bridgehead atoms. The Balaban J connectivity index is 0.00000225. The zero-order chi connectivity index (χ0) is 19.7. The molecular weight excluding hydrogens is 455 g/mol. The molecule has 0 spiro atoms. The Kier molecular flexibility index (Phi) is 5.50. The van der Waals surface area contributed by atoms with Gasteiger partial charge >= 0.3 is 19.5 Å². The number of aliphatic hydroxyl groups excluding tert-OH is 3. The van der Waals surface area contributed by atoms with Gasteiger partial charge in [0.2, 0.25) is 12.5 Å². The van der Waals surface area contributed by atoms with Crippen molar-refractivity contribution < 1.29 is 73.0 Å². The summed E-state index contributed by atoms with van der Waals surface area (Å²) in [7, 11) is -5.61. The fourth-order valence-electron chi connectivity index (χ4n) is 3.83. The Labute approximate surface area is 170 Å². The summed E-state index contributed by atoms with van der Waals surface area (Å²) >= 11 is 0. The smallest absolute Gasteiger partial charge is 0.790 e. The first-order valence-corrected chi connectivity index (χ1v) is 9.27.